The molecule has 0 saturated carbocycles. The maximum atomic E-state index is 12.1. The molecule has 1 N–H and O–H groups in total. The highest BCUT2D eigenvalue weighted by Gasteiger charge is 2.28. The Morgan fingerprint density at radius 1 is 1.24 bits per heavy atom. The van der Waals surface area contributed by atoms with Gasteiger partial charge in [0.1, 0.15) is 0 Å². The van der Waals surface area contributed by atoms with E-state index in [2.05, 4.69) is 40.8 Å². The third-order valence-corrected chi connectivity index (χ3v) is 7.09. The second-order valence-corrected chi connectivity index (χ2v) is 10.4. The van der Waals surface area contributed by atoms with Crippen molar-refractivity contribution < 1.29 is 8.42 Å². The number of benzene rings is 1. The van der Waals surface area contributed by atoms with Crippen LogP contribution >= 0.6 is 35.7 Å². The normalized spacial score (nSPS) is 12.5. The molecule has 1 rings (SSSR count). The lowest BCUT2D eigenvalue weighted by molar-refractivity contribution is 0.478. The van der Waals surface area contributed by atoms with E-state index in [0.717, 1.165) is 0 Å². The van der Waals surface area contributed by atoms with E-state index in [1.165, 1.54) is 10.5 Å². The van der Waals surface area contributed by atoms with Crippen LogP contribution in [-0.4, -0.2) is 56.7 Å². The van der Waals surface area contributed by atoms with Gasteiger partial charge in [0.05, 0.1) is 10.5 Å². The van der Waals surface area contributed by atoms with Gasteiger partial charge in [-0.05, 0) is 44.7 Å². The number of sulfone groups is 1. The van der Waals surface area contributed by atoms with Crippen molar-refractivity contribution in [1.82, 2.24) is 10.2 Å². The fourth-order valence-electron chi connectivity index (χ4n) is 2.07. The van der Waals surface area contributed by atoms with Crippen molar-refractivity contribution in [3.05, 3.63) is 29.8 Å². The molecule has 0 saturated heterocycles. The van der Waals surface area contributed by atoms with Crippen LogP contribution in [0.25, 0.3) is 0 Å². The molecule has 1 aromatic carbocycles. The number of guanidine groups is 1. The van der Waals surface area contributed by atoms with Gasteiger partial charge in [-0.1, -0.05) is 12.1 Å². The smallest absolute Gasteiger partial charge is 0.193 e. The molecule has 0 fully saturated rings. The Hall–Kier alpha value is -0.480. The van der Waals surface area contributed by atoms with E-state index in [4.69, 9.17) is 0 Å². The molecule has 25 heavy (non-hydrogen) atoms. The third kappa shape index (κ3) is 7.74. The Balaban J connectivity index is 0.00000576. The Kier molecular flexibility index (Phi) is 10.4. The molecule has 5 nitrogen and oxygen atoms in total. The first kappa shape index (κ1) is 24.5. The Labute approximate surface area is 174 Å². The number of halogens is 1. The zero-order valence-electron chi connectivity index (χ0n) is 15.9. The van der Waals surface area contributed by atoms with Crippen molar-refractivity contribution >= 4 is 51.5 Å². The average molecular weight is 499 g/mol. The number of thioether (sulfide) groups is 1. The summed E-state index contributed by atoms with van der Waals surface area (Å²) in [4.78, 5) is 7.45. The first-order chi connectivity index (χ1) is 11.1. The van der Waals surface area contributed by atoms with Crippen molar-refractivity contribution in [3.8, 4) is 0 Å². The summed E-state index contributed by atoms with van der Waals surface area (Å²) in [5, 5.41) is 3.13. The monoisotopic (exact) mass is 499 g/mol. The topological polar surface area (TPSA) is 61.8 Å². The van der Waals surface area contributed by atoms with E-state index in [9.17, 15) is 8.42 Å². The first-order valence-corrected chi connectivity index (χ1v) is 10.8. The van der Waals surface area contributed by atoms with Gasteiger partial charge in [0.2, 0.25) is 0 Å². The summed E-state index contributed by atoms with van der Waals surface area (Å²) in [5.41, 5.74) is 1.18. The summed E-state index contributed by atoms with van der Waals surface area (Å²) >= 11 is 1.72. The lowest BCUT2D eigenvalue weighted by atomic mass is 10.2. The fourth-order valence-corrected chi connectivity index (χ4v) is 3.46. The molecule has 0 aliphatic carbocycles. The SMILES string of the molecule is CN=C(NCCS(=O)(=O)C(C)(C)C)N(C)Cc1ccc(SC)cc1.I. The van der Waals surface area contributed by atoms with Crippen molar-refractivity contribution in [2.45, 2.75) is 37.0 Å². The van der Waals surface area contributed by atoms with Gasteiger partial charge in [0, 0.05) is 32.1 Å². The summed E-state index contributed by atoms with van der Waals surface area (Å²) < 4.78 is 23.6. The summed E-state index contributed by atoms with van der Waals surface area (Å²) in [6, 6.07) is 8.39. The van der Waals surface area contributed by atoms with Gasteiger partial charge in [0.25, 0.3) is 0 Å². The van der Waals surface area contributed by atoms with Crippen LogP contribution in [0.1, 0.15) is 26.3 Å². The maximum Gasteiger partial charge on any atom is 0.193 e. The van der Waals surface area contributed by atoms with E-state index >= 15 is 0 Å². The minimum Gasteiger partial charge on any atom is -0.355 e. The number of hydrogen-bond donors (Lipinski definition) is 1. The van der Waals surface area contributed by atoms with E-state index in [1.54, 1.807) is 39.6 Å². The second-order valence-electron chi connectivity index (χ2n) is 6.61. The Morgan fingerprint density at radius 3 is 2.24 bits per heavy atom. The highest BCUT2D eigenvalue weighted by molar-refractivity contribution is 14.0. The zero-order chi connectivity index (χ0) is 18.4. The Bertz CT molecular complexity index is 653. The van der Waals surface area contributed by atoms with Crippen molar-refractivity contribution in [3.63, 3.8) is 0 Å². The van der Waals surface area contributed by atoms with Crippen molar-refractivity contribution in [2.75, 3.05) is 32.6 Å². The molecular formula is C17H30IN3O2S2. The van der Waals surface area contributed by atoms with Crippen molar-refractivity contribution in [2.24, 2.45) is 4.99 Å². The molecule has 0 amide bonds. The van der Waals surface area contributed by atoms with E-state index in [-0.39, 0.29) is 29.7 Å². The highest BCUT2D eigenvalue weighted by Crippen LogP contribution is 2.16. The molecule has 0 atom stereocenters. The summed E-state index contributed by atoms with van der Waals surface area (Å²) in [6.07, 6.45) is 2.05. The van der Waals surface area contributed by atoms with Crippen LogP contribution in [0.3, 0.4) is 0 Å². The molecule has 0 heterocycles. The average Bonchev–Trinajstić information content (AvgIpc) is 2.51. The molecule has 1 aromatic rings. The van der Waals surface area contributed by atoms with Gasteiger partial charge in [-0.3, -0.25) is 4.99 Å². The van der Waals surface area contributed by atoms with E-state index in [1.807, 2.05) is 11.9 Å². The van der Waals surface area contributed by atoms with Gasteiger partial charge in [0.15, 0.2) is 15.8 Å². The number of hydrogen-bond acceptors (Lipinski definition) is 4. The lowest BCUT2D eigenvalue weighted by Crippen LogP contribution is -2.42. The lowest BCUT2D eigenvalue weighted by Gasteiger charge is -2.24. The highest BCUT2D eigenvalue weighted by atomic mass is 127. The molecule has 0 spiro atoms. The third-order valence-electron chi connectivity index (χ3n) is 3.74. The quantitative estimate of drug-likeness (QED) is 0.282. The molecule has 0 bridgehead atoms. The number of aliphatic imine (C=N–C) groups is 1. The number of nitrogens with one attached hydrogen (secondary N) is 1. The number of nitrogens with zero attached hydrogens (tertiary/aromatic N) is 2. The van der Waals surface area contributed by atoms with Crippen LogP contribution in [-0.2, 0) is 16.4 Å². The standard InChI is InChI=1S/C17H29N3O2S2.HI/c1-17(2,3)24(21,22)12-11-19-16(18-4)20(5)13-14-7-9-15(23-6)10-8-14;/h7-10H,11-13H2,1-6H3,(H,18,19);1H. The summed E-state index contributed by atoms with van der Waals surface area (Å²) in [7, 11) is 0.511. The molecule has 0 aliphatic rings. The molecular weight excluding hydrogens is 469 g/mol. The van der Waals surface area contributed by atoms with Gasteiger partial charge in [-0.25, -0.2) is 8.42 Å². The van der Waals surface area contributed by atoms with Gasteiger partial charge >= 0.3 is 0 Å². The van der Waals surface area contributed by atoms with Crippen LogP contribution in [0, 0.1) is 0 Å². The van der Waals surface area contributed by atoms with Gasteiger partial charge in [-0.15, -0.1) is 35.7 Å². The van der Waals surface area contributed by atoms with E-state index in [0.29, 0.717) is 19.0 Å². The molecule has 0 unspecified atom stereocenters. The zero-order valence-corrected chi connectivity index (χ0v) is 19.8. The number of rotatable bonds is 6. The van der Waals surface area contributed by atoms with Crippen LogP contribution in [0.15, 0.2) is 34.2 Å². The minimum atomic E-state index is -3.13. The molecule has 144 valence electrons. The minimum absolute atomic E-state index is 0. The van der Waals surface area contributed by atoms with Crippen LogP contribution < -0.4 is 5.32 Å². The summed E-state index contributed by atoms with van der Waals surface area (Å²) in [6.45, 7) is 6.23. The van der Waals surface area contributed by atoms with Crippen LogP contribution in [0.2, 0.25) is 0 Å². The first-order valence-electron chi connectivity index (χ1n) is 7.87. The largest absolute Gasteiger partial charge is 0.355 e. The molecule has 8 heteroatoms. The summed E-state index contributed by atoms with van der Waals surface area (Å²) in [5.74, 6) is 0.777. The Morgan fingerprint density at radius 2 is 1.80 bits per heavy atom. The fraction of sp³-hybridized carbons (Fsp3) is 0.588. The predicted octanol–water partition coefficient (Wildman–Crippen LogP) is 3.25. The predicted molar refractivity (Wildman–Crippen MR) is 120 cm³/mol. The van der Waals surface area contributed by atoms with E-state index < -0.39 is 14.6 Å². The maximum absolute atomic E-state index is 12.1. The molecule has 0 aromatic heterocycles. The molecule has 0 aliphatic heterocycles. The van der Waals surface area contributed by atoms with Crippen LogP contribution in [0.5, 0.6) is 0 Å². The van der Waals surface area contributed by atoms with Gasteiger partial charge in [-0.2, -0.15) is 0 Å². The van der Waals surface area contributed by atoms with Gasteiger partial charge < -0.3 is 10.2 Å². The molecule has 0 radical (unpaired) electrons. The van der Waals surface area contributed by atoms with Crippen LogP contribution in [0.4, 0.5) is 0 Å². The van der Waals surface area contributed by atoms with Crippen molar-refractivity contribution in [1.29, 1.82) is 0 Å². The second kappa shape index (κ2) is 10.6.